The minimum absolute atomic E-state index is 0.164. The lowest BCUT2D eigenvalue weighted by atomic mass is 10.3. The van der Waals surface area contributed by atoms with E-state index in [4.69, 9.17) is 14.6 Å². The van der Waals surface area contributed by atoms with Gasteiger partial charge in [-0.25, -0.2) is 9.78 Å². The third-order valence-electron chi connectivity index (χ3n) is 3.19. The van der Waals surface area contributed by atoms with E-state index in [1.54, 1.807) is 31.5 Å². The molecule has 2 heterocycles. The average Bonchev–Trinajstić information content (AvgIpc) is 2.95. The summed E-state index contributed by atoms with van der Waals surface area (Å²) in [6, 6.07) is 12.2. The van der Waals surface area contributed by atoms with Crippen LogP contribution in [0.5, 0.6) is 11.5 Å². The zero-order valence-electron chi connectivity index (χ0n) is 11.9. The summed E-state index contributed by atoms with van der Waals surface area (Å²) in [5.41, 5.74) is 1.39. The number of hydrogen-bond acceptors (Lipinski definition) is 4. The molecule has 6 heteroatoms. The SMILES string of the molecule is COc1cccc(OCc2cn3c(C(=O)O)cccc3n2)c1. The van der Waals surface area contributed by atoms with Crippen LogP contribution in [0.15, 0.2) is 48.7 Å². The number of hydrogen-bond donors (Lipinski definition) is 1. The zero-order chi connectivity index (χ0) is 15.5. The molecule has 2 aromatic heterocycles. The van der Waals surface area contributed by atoms with Crippen molar-refractivity contribution in [1.82, 2.24) is 9.38 Å². The Morgan fingerprint density at radius 1 is 1.23 bits per heavy atom. The van der Waals surface area contributed by atoms with E-state index in [0.29, 0.717) is 22.8 Å². The molecule has 0 bridgehead atoms. The molecule has 0 saturated heterocycles. The number of benzene rings is 1. The highest BCUT2D eigenvalue weighted by Crippen LogP contribution is 2.20. The summed E-state index contributed by atoms with van der Waals surface area (Å²) in [6.07, 6.45) is 1.67. The Morgan fingerprint density at radius 3 is 2.77 bits per heavy atom. The maximum atomic E-state index is 11.2. The molecule has 0 spiro atoms. The van der Waals surface area contributed by atoms with E-state index in [-0.39, 0.29) is 12.3 Å². The van der Waals surface area contributed by atoms with Crippen molar-refractivity contribution in [3.8, 4) is 11.5 Å². The lowest BCUT2D eigenvalue weighted by Crippen LogP contribution is -2.03. The van der Waals surface area contributed by atoms with Gasteiger partial charge in [-0.3, -0.25) is 4.40 Å². The van der Waals surface area contributed by atoms with E-state index in [1.807, 2.05) is 18.2 Å². The molecule has 0 aliphatic rings. The lowest BCUT2D eigenvalue weighted by Gasteiger charge is -2.05. The summed E-state index contributed by atoms with van der Waals surface area (Å²) in [5, 5.41) is 9.16. The molecule has 1 aromatic carbocycles. The number of aromatic carboxylic acids is 1. The topological polar surface area (TPSA) is 73.1 Å². The Labute approximate surface area is 126 Å². The second kappa shape index (κ2) is 5.77. The summed E-state index contributed by atoms with van der Waals surface area (Å²) < 4.78 is 12.3. The molecule has 0 amide bonds. The first kappa shape index (κ1) is 13.9. The van der Waals surface area contributed by atoms with Crippen LogP contribution < -0.4 is 9.47 Å². The fourth-order valence-corrected chi connectivity index (χ4v) is 2.15. The van der Waals surface area contributed by atoms with Gasteiger partial charge in [-0.2, -0.15) is 0 Å². The summed E-state index contributed by atoms with van der Waals surface area (Å²) in [6.45, 7) is 0.244. The van der Waals surface area contributed by atoms with Crippen LogP contribution in [0, 0.1) is 0 Å². The van der Waals surface area contributed by atoms with Gasteiger partial charge in [-0.15, -0.1) is 0 Å². The normalized spacial score (nSPS) is 10.6. The van der Waals surface area contributed by atoms with Gasteiger partial charge in [-0.1, -0.05) is 12.1 Å². The van der Waals surface area contributed by atoms with E-state index in [0.717, 1.165) is 0 Å². The summed E-state index contributed by atoms with van der Waals surface area (Å²) in [7, 11) is 1.59. The number of carbonyl (C=O) groups is 1. The van der Waals surface area contributed by atoms with Gasteiger partial charge in [-0.05, 0) is 24.3 Å². The van der Waals surface area contributed by atoms with Crippen molar-refractivity contribution in [3.63, 3.8) is 0 Å². The van der Waals surface area contributed by atoms with Gasteiger partial charge in [0.05, 0.1) is 12.8 Å². The molecular formula is C16H14N2O4. The number of ether oxygens (including phenoxy) is 2. The van der Waals surface area contributed by atoms with Gasteiger partial charge in [0.1, 0.15) is 29.4 Å². The molecule has 0 fully saturated rings. The average molecular weight is 298 g/mol. The van der Waals surface area contributed by atoms with E-state index in [2.05, 4.69) is 4.98 Å². The Hall–Kier alpha value is -3.02. The Balaban J connectivity index is 1.82. The monoisotopic (exact) mass is 298 g/mol. The van der Waals surface area contributed by atoms with E-state index in [9.17, 15) is 4.79 Å². The van der Waals surface area contributed by atoms with Gasteiger partial charge in [0.2, 0.25) is 0 Å². The number of imidazole rings is 1. The van der Waals surface area contributed by atoms with Gasteiger partial charge in [0, 0.05) is 12.3 Å². The molecule has 1 N–H and O–H groups in total. The number of rotatable bonds is 5. The van der Waals surface area contributed by atoms with Gasteiger partial charge >= 0.3 is 5.97 Å². The summed E-state index contributed by atoms with van der Waals surface area (Å²) in [5.74, 6) is 0.374. The van der Waals surface area contributed by atoms with Crippen molar-refractivity contribution in [3.05, 3.63) is 60.0 Å². The van der Waals surface area contributed by atoms with E-state index in [1.165, 1.54) is 10.5 Å². The van der Waals surface area contributed by atoms with E-state index < -0.39 is 5.97 Å². The van der Waals surface area contributed by atoms with Crippen LogP contribution >= 0.6 is 0 Å². The maximum absolute atomic E-state index is 11.2. The lowest BCUT2D eigenvalue weighted by molar-refractivity contribution is 0.0689. The van der Waals surface area contributed by atoms with Crippen LogP contribution in [0.3, 0.4) is 0 Å². The third kappa shape index (κ3) is 2.71. The van der Waals surface area contributed by atoms with Crippen LogP contribution in [0.2, 0.25) is 0 Å². The Kier molecular flexibility index (Phi) is 3.65. The van der Waals surface area contributed by atoms with Gasteiger partial charge in [0.15, 0.2) is 0 Å². The second-order valence-corrected chi connectivity index (χ2v) is 4.64. The van der Waals surface area contributed by atoms with E-state index >= 15 is 0 Å². The minimum Gasteiger partial charge on any atom is -0.497 e. The molecule has 0 aliphatic carbocycles. The number of carboxylic acids is 1. The van der Waals surface area contributed by atoms with Crippen LogP contribution in [0.25, 0.3) is 5.65 Å². The molecule has 0 radical (unpaired) electrons. The van der Waals surface area contributed by atoms with Crippen LogP contribution in [0.1, 0.15) is 16.2 Å². The van der Waals surface area contributed by atoms with Crippen molar-refractivity contribution in [1.29, 1.82) is 0 Å². The smallest absolute Gasteiger partial charge is 0.352 e. The number of fused-ring (bicyclic) bond motifs is 1. The first-order valence-electron chi connectivity index (χ1n) is 6.64. The molecule has 0 unspecified atom stereocenters. The minimum atomic E-state index is -0.997. The summed E-state index contributed by atoms with van der Waals surface area (Å²) >= 11 is 0. The molecular weight excluding hydrogens is 284 g/mol. The first-order chi connectivity index (χ1) is 10.7. The van der Waals surface area contributed by atoms with Crippen molar-refractivity contribution < 1.29 is 19.4 Å². The zero-order valence-corrected chi connectivity index (χ0v) is 11.9. The molecule has 0 saturated carbocycles. The van der Waals surface area contributed by atoms with Crippen LogP contribution in [-0.2, 0) is 6.61 Å². The maximum Gasteiger partial charge on any atom is 0.352 e. The molecule has 3 aromatic rings. The molecule has 22 heavy (non-hydrogen) atoms. The largest absolute Gasteiger partial charge is 0.497 e. The summed E-state index contributed by atoms with van der Waals surface area (Å²) in [4.78, 5) is 15.5. The molecule has 3 rings (SSSR count). The quantitative estimate of drug-likeness (QED) is 0.784. The van der Waals surface area contributed by atoms with Crippen LogP contribution in [0.4, 0.5) is 0 Å². The molecule has 6 nitrogen and oxygen atoms in total. The predicted molar refractivity (Wildman–Crippen MR) is 79.5 cm³/mol. The first-order valence-corrected chi connectivity index (χ1v) is 6.64. The standard InChI is InChI=1S/C16H14N2O4/c1-21-12-4-2-5-13(8-12)22-10-11-9-18-14(16(19)20)6-3-7-15(18)17-11/h2-9H,10H2,1H3,(H,19,20). The molecule has 0 atom stereocenters. The van der Waals surface area contributed by atoms with Crippen molar-refractivity contribution in [2.24, 2.45) is 0 Å². The number of carboxylic acid groups (broad SMARTS) is 1. The number of nitrogens with zero attached hydrogens (tertiary/aromatic N) is 2. The number of aromatic nitrogens is 2. The third-order valence-corrected chi connectivity index (χ3v) is 3.19. The highest BCUT2D eigenvalue weighted by molar-refractivity contribution is 5.86. The second-order valence-electron chi connectivity index (χ2n) is 4.64. The molecule has 0 aliphatic heterocycles. The highest BCUT2D eigenvalue weighted by Gasteiger charge is 2.10. The van der Waals surface area contributed by atoms with Crippen molar-refractivity contribution in [2.75, 3.05) is 7.11 Å². The van der Waals surface area contributed by atoms with Crippen molar-refractivity contribution >= 4 is 11.6 Å². The number of methoxy groups -OCH3 is 1. The fraction of sp³-hybridized carbons (Fsp3) is 0.125. The molecule has 112 valence electrons. The van der Waals surface area contributed by atoms with Gasteiger partial charge < -0.3 is 14.6 Å². The highest BCUT2D eigenvalue weighted by atomic mass is 16.5. The predicted octanol–water partition coefficient (Wildman–Crippen LogP) is 2.62. The Morgan fingerprint density at radius 2 is 2.00 bits per heavy atom. The van der Waals surface area contributed by atoms with Crippen LogP contribution in [-0.4, -0.2) is 27.6 Å². The number of pyridine rings is 1. The van der Waals surface area contributed by atoms with Crippen molar-refractivity contribution in [2.45, 2.75) is 6.61 Å². The van der Waals surface area contributed by atoms with Gasteiger partial charge in [0.25, 0.3) is 0 Å². The Bertz CT molecular complexity index is 826. The fourth-order valence-electron chi connectivity index (χ4n) is 2.15.